The predicted molar refractivity (Wildman–Crippen MR) is 237 cm³/mol. The van der Waals surface area contributed by atoms with E-state index in [1.165, 1.54) is 0 Å². The number of aliphatic carboxylic acids is 1. The van der Waals surface area contributed by atoms with Gasteiger partial charge >= 0.3 is 12.1 Å². The van der Waals surface area contributed by atoms with Gasteiger partial charge < -0.3 is 45.6 Å². The van der Waals surface area contributed by atoms with Crippen LogP contribution in [-0.4, -0.2) is 125 Å². The van der Waals surface area contributed by atoms with Crippen LogP contribution in [0.2, 0.25) is 0 Å². The number of carbonyl (C=O) groups excluding carboxylic acids is 5. The number of carboxylic acid groups (broad SMARTS) is 1. The van der Waals surface area contributed by atoms with Gasteiger partial charge in [0.05, 0.1) is 12.1 Å². The molecule has 0 bridgehead atoms. The summed E-state index contributed by atoms with van der Waals surface area (Å²) < 4.78 is 90.5. The second-order valence-electron chi connectivity index (χ2n) is 18.1. The lowest BCUT2D eigenvalue weighted by molar-refractivity contribution is -0.133. The molecule has 3 aromatic carbocycles. The zero-order valence-corrected chi connectivity index (χ0v) is 38.3. The fraction of sp³-hybridized carbons (Fsp3) is 0.458. The average Bonchev–Trinajstić information content (AvgIpc) is 4.08. The topological polar surface area (TPSA) is 201 Å². The van der Waals surface area contributed by atoms with Gasteiger partial charge in [0.2, 0.25) is 11.8 Å². The lowest BCUT2D eigenvalue weighted by Gasteiger charge is -2.27. The van der Waals surface area contributed by atoms with Crippen molar-refractivity contribution in [2.24, 2.45) is 17.6 Å². The van der Waals surface area contributed by atoms with Gasteiger partial charge in [-0.15, -0.1) is 0 Å². The number of benzene rings is 3. The molecule has 5 N–H and O–H groups in total. The molecule has 21 heteroatoms. The van der Waals surface area contributed by atoms with Crippen molar-refractivity contribution in [3.05, 3.63) is 119 Å². The molecule has 4 aliphatic heterocycles. The Labute approximate surface area is 394 Å². The molecule has 0 radical (unpaired) electrons. The number of rotatable bonds is 13. The highest BCUT2D eigenvalue weighted by Crippen LogP contribution is 2.33. The van der Waals surface area contributed by atoms with Crippen LogP contribution in [0.25, 0.3) is 0 Å². The van der Waals surface area contributed by atoms with Gasteiger partial charge in [-0.2, -0.15) is 0 Å². The molecule has 7 rings (SSSR count). The van der Waals surface area contributed by atoms with Gasteiger partial charge in [0.15, 0.2) is 23.3 Å². The Hall–Kier alpha value is -6.48. The number of nitrogens with two attached hydrogens (primary N) is 1. The van der Waals surface area contributed by atoms with E-state index in [1.54, 1.807) is 47.6 Å². The number of carbonyl (C=O) groups is 6. The van der Waals surface area contributed by atoms with E-state index in [0.717, 1.165) is 44.3 Å². The van der Waals surface area contributed by atoms with Crippen molar-refractivity contribution < 1.29 is 69.7 Å². The van der Waals surface area contributed by atoms with Crippen molar-refractivity contribution in [3.8, 4) is 0 Å². The number of amides is 4. The Morgan fingerprint density at radius 3 is 1.94 bits per heavy atom. The fourth-order valence-corrected chi connectivity index (χ4v) is 8.87. The fourth-order valence-electron chi connectivity index (χ4n) is 8.87. The van der Waals surface area contributed by atoms with E-state index < -0.39 is 64.7 Å². The third-order valence-corrected chi connectivity index (χ3v) is 12.0. The molecule has 69 heavy (non-hydrogen) atoms. The number of carboxylic acids is 1. The van der Waals surface area contributed by atoms with Crippen LogP contribution in [-0.2, 0) is 41.5 Å². The number of ether oxygens (including phenoxy) is 2. The van der Waals surface area contributed by atoms with Crippen molar-refractivity contribution in [2.45, 2.75) is 89.1 Å². The first-order valence-electron chi connectivity index (χ1n) is 22.3. The molecule has 6 atom stereocenters. The van der Waals surface area contributed by atoms with Gasteiger partial charge in [0.25, 0.3) is 12.4 Å². The van der Waals surface area contributed by atoms with Crippen LogP contribution in [0.1, 0.15) is 67.9 Å². The van der Waals surface area contributed by atoms with E-state index in [4.69, 9.17) is 15.6 Å². The normalized spacial score (nSPS) is 20.2. The van der Waals surface area contributed by atoms with Crippen molar-refractivity contribution >= 4 is 36.3 Å². The summed E-state index contributed by atoms with van der Waals surface area (Å²) in [6.45, 7) is 9.11. The van der Waals surface area contributed by atoms with Gasteiger partial charge in [-0.25, -0.2) is 35.9 Å². The summed E-state index contributed by atoms with van der Waals surface area (Å²) in [5.41, 5.74) is 5.71. The third-order valence-electron chi connectivity index (χ3n) is 12.0. The van der Waals surface area contributed by atoms with Crippen molar-refractivity contribution in [1.29, 1.82) is 0 Å². The molecule has 0 saturated carbocycles. The summed E-state index contributed by atoms with van der Waals surface area (Å²) >= 11 is 0. The van der Waals surface area contributed by atoms with Gasteiger partial charge in [0.1, 0.15) is 23.5 Å². The minimum atomic E-state index is -1.29. The average molecular weight is 975 g/mol. The number of alkyl carbamates (subject to hydrolysis) is 1. The molecule has 4 saturated heterocycles. The van der Waals surface area contributed by atoms with E-state index in [9.17, 15) is 55.1 Å². The number of nitrogens with zero attached hydrogens (tertiary/aromatic N) is 3. The summed E-state index contributed by atoms with van der Waals surface area (Å²) in [6, 6.07) is 10.0. The van der Waals surface area contributed by atoms with Gasteiger partial charge in [-0.05, 0) is 87.8 Å². The number of halogens is 6. The Kier molecular flexibility index (Phi) is 18.7. The summed E-state index contributed by atoms with van der Waals surface area (Å²) in [6.07, 6.45) is 2.08. The van der Waals surface area contributed by atoms with Crippen molar-refractivity contribution in [2.75, 3.05) is 39.3 Å². The standard InChI is InChI=1S/C23H24F3N3O2.C21H28F3N3O3.C4H4O4/c24-18-11-20(26)19(25)9-16(18)8-17(27)10-22(30)29-7-6-15-12-28(13-21(15)29)23(31)14-4-2-1-3-5-14;1-21(2,3)30-20(29)26-14(6-13-7-16(23)17(24)9-15(13)22)8-19(28)27-5-4-12-10-25-11-18(12)27;5-3-8-2-1-4(6)7/h1-5,9,11,15,17,21H,6-8,10,12-13,27H2;7,9,12,14,18,25H,4-6,8,10-11H2,1-3H3,(H,26,29);1-3H,(H,6,7)/b;;2-1+/t15-,17+,21+;12-,14+,18+;/m00./s1. The molecule has 0 spiro atoms. The van der Waals surface area contributed by atoms with Gasteiger partial charge in [-0.1, -0.05) is 18.2 Å². The molecule has 0 unspecified atom stereocenters. The van der Waals surface area contributed by atoms with E-state index >= 15 is 0 Å². The number of likely N-dealkylation sites (tertiary alicyclic amines) is 3. The van der Waals surface area contributed by atoms with Crippen LogP contribution >= 0.6 is 0 Å². The highest BCUT2D eigenvalue weighted by atomic mass is 19.2. The number of hydrogen-bond donors (Lipinski definition) is 4. The predicted octanol–water partition coefficient (Wildman–Crippen LogP) is 5.24. The maximum atomic E-state index is 14.2. The Balaban J connectivity index is 0.000000223. The number of nitrogens with one attached hydrogen (secondary N) is 2. The molecular weight excluding hydrogens is 919 g/mol. The molecule has 4 aliphatic rings. The highest BCUT2D eigenvalue weighted by molar-refractivity contribution is 5.94. The first-order valence-corrected chi connectivity index (χ1v) is 22.3. The molecule has 374 valence electrons. The zero-order chi connectivity index (χ0) is 50.6. The van der Waals surface area contributed by atoms with Crippen molar-refractivity contribution in [3.63, 3.8) is 0 Å². The molecular formula is C48H56F6N6O9. The largest absolute Gasteiger partial charge is 0.478 e. The first-order chi connectivity index (χ1) is 32.6. The summed E-state index contributed by atoms with van der Waals surface area (Å²) in [5, 5.41) is 13.7. The van der Waals surface area contributed by atoms with Crippen LogP contribution in [0.3, 0.4) is 0 Å². The molecule has 0 aromatic heterocycles. The van der Waals surface area contributed by atoms with Crippen LogP contribution in [0.4, 0.5) is 31.1 Å². The minimum Gasteiger partial charge on any atom is -0.478 e. The molecule has 3 aromatic rings. The smallest absolute Gasteiger partial charge is 0.407 e. The minimum absolute atomic E-state index is 0.0334. The van der Waals surface area contributed by atoms with E-state index in [2.05, 4.69) is 15.4 Å². The highest BCUT2D eigenvalue weighted by Gasteiger charge is 2.45. The quantitative estimate of drug-likeness (QED) is 0.0574. The second kappa shape index (κ2) is 24.2. The Morgan fingerprint density at radius 2 is 1.35 bits per heavy atom. The Bertz CT molecular complexity index is 2360. The van der Waals surface area contributed by atoms with E-state index in [1.807, 2.05) is 18.2 Å². The molecule has 15 nitrogen and oxygen atoms in total. The molecule has 4 fully saturated rings. The van der Waals surface area contributed by atoms with Crippen molar-refractivity contribution in [1.82, 2.24) is 25.3 Å². The lowest BCUT2D eigenvalue weighted by Crippen LogP contribution is -2.46. The first kappa shape index (κ1) is 53.5. The maximum Gasteiger partial charge on any atom is 0.407 e. The SMILES string of the molecule is CC(C)(C)OC(=O)N[C@@H](CC(=O)N1CC[C@H]2CNC[C@H]21)Cc1cc(F)c(F)cc1F.N[C@@H](CC(=O)N1CC[C@H]2CN(C(=O)c3ccccc3)C[C@H]21)Cc1cc(F)c(F)cc1F.O=CO/C=C/C(=O)O. The Morgan fingerprint density at radius 1 is 0.783 bits per heavy atom. The van der Waals surface area contributed by atoms with Crippen LogP contribution < -0.4 is 16.4 Å². The summed E-state index contributed by atoms with van der Waals surface area (Å²) in [5.74, 6) is -7.60. The van der Waals surface area contributed by atoms with E-state index in [-0.39, 0.29) is 79.0 Å². The second-order valence-corrected chi connectivity index (χ2v) is 18.1. The summed E-state index contributed by atoms with van der Waals surface area (Å²) in [7, 11) is 0. The zero-order valence-electron chi connectivity index (χ0n) is 38.3. The lowest BCUT2D eigenvalue weighted by atomic mass is 10.0. The van der Waals surface area contributed by atoms with Crippen LogP contribution in [0.15, 0.2) is 66.9 Å². The summed E-state index contributed by atoms with van der Waals surface area (Å²) in [4.78, 5) is 75.0. The molecule has 0 aliphatic carbocycles. The van der Waals surface area contributed by atoms with E-state index in [0.29, 0.717) is 55.9 Å². The molecule has 4 heterocycles. The molecule has 4 amide bonds. The number of fused-ring (bicyclic) bond motifs is 2. The maximum absolute atomic E-state index is 14.2. The number of hydrogen-bond acceptors (Lipinski definition) is 10. The third kappa shape index (κ3) is 15.3. The van der Waals surface area contributed by atoms with Crippen LogP contribution in [0, 0.1) is 46.7 Å². The van der Waals surface area contributed by atoms with Gasteiger partial charge in [-0.3, -0.25) is 19.2 Å². The van der Waals surface area contributed by atoms with Crippen LogP contribution in [0.5, 0.6) is 0 Å². The monoisotopic (exact) mass is 974 g/mol. The van der Waals surface area contributed by atoms with Gasteiger partial charge in [0, 0.05) is 93.8 Å².